The largest absolute Gasteiger partial charge is 0.394 e. The van der Waals surface area contributed by atoms with Gasteiger partial charge in [0, 0.05) is 119 Å². The molecular weight excluding hydrogens is 1780 g/mol. The first-order valence-electron chi connectivity index (χ1n) is 44.6. The predicted octanol–water partition coefficient (Wildman–Crippen LogP) is -1.24. The summed E-state index contributed by atoms with van der Waals surface area (Å²) in [6, 6.07) is -1.67. The van der Waals surface area contributed by atoms with E-state index in [2.05, 4.69) is 63.1 Å². The number of aromatic amines is 2. The number of guanidine groups is 1. The lowest BCUT2D eigenvalue weighted by molar-refractivity contribution is -0.149. The van der Waals surface area contributed by atoms with Gasteiger partial charge in [-0.2, -0.15) is 11.8 Å². The van der Waals surface area contributed by atoms with E-state index < -0.39 is 248 Å². The molecule has 0 bridgehead atoms. The average molecular weight is 1910 g/mol. The van der Waals surface area contributed by atoms with Crippen molar-refractivity contribution in [3.8, 4) is 0 Å². The van der Waals surface area contributed by atoms with Gasteiger partial charge >= 0.3 is 0 Å². The first-order valence-corrected chi connectivity index (χ1v) is 46.5. The quantitative estimate of drug-likeness (QED) is 0.0184. The molecule has 726 valence electrons. The molecule has 0 aliphatic carbocycles. The number of fused-ring (bicyclic) bond motifs is 4. The van der Waals surface area contributed by atoms with Gasteiger partial charge in [-0.1, -0.05) is 119 Å². The molecule has 5 heterocycles. The number of aromatic nitrogens is 2. The van der Waals surface area contributed by atoms with Crippen LogP contribution in [-0.4, -0.2) is 308 Å². The number of para-hydroxylation sites is 2. The fraction of sp³-hybridized carbons (Fsp3) is 0.551. The Morgan fingerprint density at radius 2 is 1.11 bits per heavy atom. The molecule has 3 aromatic carbocycles. The van der Waals surface area contributed by atoms with Crippen molar-refractivity contribution in [2.45, 2.75) is 228 Å². The molecular formula is C89H126Cl2N22O19S. The van der Waals surface area contributed by atoms with Crippen molar-refractivity contribution in [1.29, 1.82) is 5.41 Å². The van der Waals surface area contributed by atoms with Crippen molar-refractivity contribution < 1.29 is 91.7 Å². The Bertz CT molecular complexity index is 5040. The zero-order valence-electron chi connectivity index (χ0n) is 76.0. The third-order valence-electron chi connectivity index (χ3n) is 23.9. The van der Waals surface area contributed by atoms with Gasteiger partial charge in [0.25, 0.3) is 0 Å². The third kappa shape index (κ3) is 29.8. The second-order valence-corrected chi connectivity index (χ2v) is 36.2. The SMILES string of the molecule is CCCC[C@H]1C(=O)N(C)[C@@H](CCCC)C(=O)N[C@@H](CCCNC(=N)N)C(=O)C[C@H](C(=O)NCC(N)=O)CSCC(=O)N[C@@H](Cc2ccc(Cl)c(Cl)c2)C(=O)N(C)[C@@H](C)C(=O)N[C@@H](CC(N)=O)C(=O)N2CCC[C@H]2C(=O)N[C@@H](CN)C(=O)N[C@@H](CC(C)C)C(=O)N2C[C@H](O)C[C@H]2C(=O)N[C@@H](Cc2c[nH]c3ccccc23)C(=O)N[C@@H](CO)C(=O)N[C@@H](Cc2c[nH]c3ccccc23)C(=O)N1C. The van der Waals surface area contributed by atoms with Crippen LogP contribution in [0.25, 0.3) is 21.8 Å². The van der Waals surface area contributed by atoms with Crippen molar-refractivity contribution in [2.75, 3.05) is 72.0 Å². The van der Waals surface area contributed by atoms with Crippen molar-refractivity contribution in [3.05, 3.63) is 106 Å². The van der Waals surface area contributed by atoms with Crippen LogP contribution in [0.5, 0.6) is 0 Å². The number of hydrogen-bond acceptors (Lipinski definition) is 22. The standard InChI is InChI=1S/C89H126Cl2N22O19S/c1-9-11-24-68-81(125)102-60(23-17-29-97-89(95)96)72(116)36-52(77(121)100-42-74(94)118)45-133-46-75(119)101-63(33-49-27-28-56(90)57(91)32-49)84(128)109(6)48(5)76(120)104-65(38-73(93)117)86(130)112-30-18-26-69(112)82(126)107-66(39-92)79(123)105-62(31-47(3)4)87(131)113-43-53(115)37-71(113)83(127)103-61(34-50-40-98-58-21-15-13-19-54(50)58)78(122)108-67(44-114)80(124)106-64(35-51-41-99-59-22-16-14-20-55(51)59)85(129)111(8)70(25-12-10-2)88(132)110(68)7/h13-16,19-22,27-28,32,40-41,47-48,52-53,60-71,98-99,114-115H,9-12,17-18,23-26,29-31,33-39,42-46,92H2,1-8H3,(H2,93,117)(H2,94,118)(H,100,121)(H,101,119)(H,102,125)(H,103,127)(H,104,120)(H,105,123)(H,106,124)(H,107,126)(H,108,122)(H4,95,96,97)/t48-,52-,53+,60-,61-,62-,63-,64-,65-,66-,67-,68-,69-,70-,71-/m0/s1. The molecule has 41 nitrogen and oxygen atoms in total. The van der Waals surface area contributed by atoms with Crippen LogP contribution in [0.1, 0.15) is 141 Å². The molecule has 3 fully saturated rings. The topological polar surface area (TPSA) is 627 Å². The first-order chi connectivity index (χ1) is 63.2. The summed E-state index contributed by atoms with van der Waals surface area (Å²) in [6.45, 7) is 5.47. The van der Waals surface area contributed by atoms with Gasteiger partial charge in [0.2, 0.25) is 94.5 Å². The Kier molecular flexibility index (Phi) is 40.6. The highest BCUT2D eigenvalue weighted by Crippen LogP contribution is 2.29. The van der Waals surface area contributed by atoms with Gasteiger partial charge in [-0.05, 0) is 98.7 Å². The van der Waals surface area contributed by atoms with Crippen LogP contribution in [0.4, 0.5) is 0 Å². The van der Waals surface area contributed by atoms with Gasteiger partial charge in [0.05, 0.1) is 53.4 Å². The Morgan fingerprint density at radius 3 is 1.71 bits per heavy atom. The van der Waals surface area contributed by atoms with E-state index in [0.717, 1.165) is 36.3 Å². The normalized spacial score (nSPS) is 25.0. The molecule has 23 N–H and O–H groups in total. The number of unbranched alkanes of at least 4 members (excludes halogenated alkanes) is 2. The van der Waals surface area contributed by atoms with Crippen LogP contribution in [0.15, 0.2) is 79.1 Å². The van der Waals surface area contributed by atoms with Crippen LogP contribution in [-0.2, 0) is 101 Å². The average Bonchev–Trinajstić information content (AvgIpc) is 1.70. The lowest BCUT2D eigenvalue weighted by Crippen LogP contribution is -2.62. The predicted molar refractivity (Wildman–Crippen MR) is 496 cm³/mol. The smallest absolute Gasteiger partial charge is 0.246 e. The Morgan fingerprint density at radius 1 is 0.571 bits per heavy atom. The number of ketones is 1. The van der Waals surface area contributed by atoms with E-state index in [9.17, 15) is 53.4 Å². The summed E-state index contributed by atoms with van der Waals surface area (Å²) in [6.07, 6.45) is 0.771. The van der Waals surface area contributed by atoms with Crippen LogP contribution in [0.2, 0.25) is 10.0 Å². The molecule has 133 heavy (non-hydrogen) atoms. The second kappa shape index (κ2) is 50.7. The summed E-state index contributed by atoms with van der Waals surface area (Å²) >= 11 is 13.5. The van der Waals surface area contributed by atoms with Gasteiger partial charge in [-0.25, -0.2) is 0 Å². The molecule has 3 aliphatic heterocycles. The summed E-state index contributed by atoms with van der Waals surface area (Å²) in [7, 11) is 3.92. The number of nitrogens with one attached hydrogen (secondary N) is 13. The molecule has 3 saturated heterocycles. The minimum absolute atomic E-state index is 0.00200. The highest BCUT2D eigenvalue weighted by atomic mass is 35.5. The van der Waals surface area contributed by atoms with E-state index in [4.69, 9.17) is 51.5 Å². The summed E-state index contributed by atoms with van der Waals surface area (Å²) in [5.74, 6) is -18.8. The number of nitrogens with two attached hydrogens (primary N) is 4. The Balaban J connectivity index is 1.19. The number of hydrogen-bond donors (Lipinski definition) is 19. The molecule has 2 aromatic heterocycles. The molecule has 5 aromatic rings. The number of amides is 16. The van der Waals surface area contributed by atoms with E-state index in [-0.39, 0.29) is 99.0 Å². The van der Waals surface area contributed by atoms with E-state index in [1.807, 2.05) is 13.8 Å². The number of thioether (sulfide) groups is 1. The van der Waals surface area contributed by atoms with Crippen LogP contribution < -0.4 is 76.1 Å². The number of aliphatic hydroxyl groups excluding tert-OH is 2. The number of carbonyl (C=O) groups is 17. The number of aliphatic hydroxyl groups is 2. The van der Waals surface area contributed by atoms with Gasteiger partial charge in [0.1, 0.15) is 72.5 Å². The highest BCUT2D eigenvalue weighted by molar-refractivity contribution is 7.99. The molecule has 16 amide bonds. The number of carbonyl (C=O) groups excluding carboxylic acids is 17. The highest BCUT2D eigenvalue weighted by Gasteiger charge is 2.47. The van der Waals surface area contributed by atoms with Gasteiger partial charge in [-0.15, -0.1) is 0 Å². The molecule has 3 aliphatic rings. The van der Waals surface area contributed by atoms with E-state index in [1.165, 1.54) is 46.3 Å². The van der Waals surface area contributed by atoms with Crippen molar-refractivity contribution in [3.63, 3.8) is 0 Å². The number of benzene rings is 3. The molecule has 44 heteroatoms. The van der Waals surface area contributed by atoms with Crippen LogP contribution in [0.3, 0.4) is 0 Å². The van der Waals surface area contributed by atoms with Crippen LogP contribution in [0, 0.1) is 17.2 Å². The molecule has 0 unspecified atom stereocenters. The number of halogens is 2. The maximum absolute atomic E-state index is 15.7. The lowest BCUT2D eigenvalue weighted by Gasteiger charge is -2.36. The molecule has 15 atom stereocenters. The third-order valence-corrected chi connectivity index (χ3v) is 25.8. The minimum Gasteiger partial charge on any atom is -0.394 e. The fourth-order valence-electron chi connectivity index (χ4n) is 16.5. The first kappa shape index (κ1) is 106. The van der Waals surface area contributed by atoms with Crippen LogP contribution >= 0.6 is 35.0 Å². The zero-order chi connectivity index (χ0) is 97.8. The van der Waals surface area contributed by atoms with E-state index in [0.29, 0.717) is 64.2 Å². The number of primary amides is 2. The van der Waals surface area contributed by atoms with Crippen molar-refractivity contribution in [2.24, 2.45) is 34.8 Å². The molecule has 0 radical (unpaired) electrons. The molecule has 0 saturated carbocycles. The summed E-state index contributed by atoms with van der Waals surface area (Å²) < 4.78 is 0. The number of H-pyrrole nitrogens is 2. The van der Waals surface area contributed by atoms with Gasteiger partial charge < -0.3 is 121 Å². The monoisotopic (exact) mass is 1910 g/mol. The number of Topliss-reactive ketones (excluding diaryl/α,β-unsaturated/α-hetero) is 1. The number of rotatable bonds is 25. The van der Waals surface area contributed by atoms with Crippen molar-refractivity contribution in [1.82, 2.24) is 87.6 Å². The maximum atomic E-state index is 15.7. The molecule has 8 rings (SSSR count). The fourth-order valence-corrected chi connectivity index (χ4v) is 17.7. The van der Waals surface area contributed by atoms with Gasteiger partial charge in [0.15, 0.2) is 11.7 Å². The van der Waals surface area contributed by atoms with Gasteiger partial charge in [-0.3, -0.25) is 86.9 Å². The second-order valence-electron chi connectivity index (χ2n) is 34.3. The Hall–Kier alpha value is -12.0. The zero-order valence-corrected chi connectivity index (χ0v) is 78.3. The summed E-state index contributed by atoms with van der Waals surface area (Å²) in [4.78, 5) is 261. The number of likely N-dealkylation sites (N-methyl/N-ethyl adjacent to an activating group) is 3. The minimum atomic E-state index is -1.89. The van der Waals surface area contributed by atoms with E-state index in [1.54, 1.807) is 74.8 Å². The Labute approximate surface area is 784 Å². The maximum Gasteiger partial charge on any atom is 0.246 e. The molecule has 0 spiro atoms. The number of nitrogens with zero attached hydrogens (tertiary/aromatic N) is 5. The van der Waals surface area contributed by atoms with Crippen molar-refractivity contribution >= 4 is 163 Å². The van der Waals surface area contributed by atoms with E-state index >= 15 is 38.4 Å². The lowest BCUT2D eigenvalue weighted by atomic mass is 9.95. The summed E-state index contributed by atoms with van der Waals surface area (Å²) in [5, 5.41) is 58.2. The summed E-state index contributed by atoms with van der Waals surface area (Å²) in [5.41, 5.74) is 25.6.